The number of benzene rings is 1. The van der Waals surface area contributed by atoms with Crippen LogP contribution in [0.2, 0.25) is 0 Å². The predicted octanol–water partition coefficient (Wildman–Crippen LogP) is 3.54. The molecule has 2 aromatic rings. The van der Waals surface area contributed by atoms with Gasteiger partial charge in [0.15, 0.2) is 0 Å². The molecule has 4 nitrogen and oxygen atoms in total. The molecule has 0 saturated carbocycles. The van der Waals surface area contributed by atoms with Gasteiger partial charge in [-0.3, -0.25) is 14.7 Å². The summed E-state index contributed by atoms with van der Waals surface area (Å²) in [6, 6.07) is 11.6. The van der Waals surface area contributed by atoms with E-state index in [-0.39, 0.29) is 11.9 Å². The Morgan fingerprint density at radius 3 is 2.62 bits per heavy atom. The van der Waals surface area contributed by atoms with Crippen molar-refractivity contribution in [2.24, 2.45) is 0 Å². The molecule has 0 radical (unpaired) electrons. The number of amides is 1. The van der Waals surface area contributed by atoms with Crippen molar-refractivity contribution in [1.29, 1.82) is 0 Å². The third-order valence-electron chi connectivity index (χ3n) is 6.16. The first-order valence-corrected chi connectivity index (χ1v) is 9.57. The Hall–Kier alpha value is -2.20. The number of rotatable bonds is 4. The van der Waals surface area contributed by atoms with Crippen molar-refractivity contribution in [3.63, 3.8) is 0 Å². The van der Waals surface area contributed by atoms with Crippen molar-refractivity contribution in [3.8, 4) is 0 Å². The van der Waals surface area contributed by atoms with Crippen LogP contribution in [0.3, 0.4) is 0 Å². The fraction of sp³-hybridized carbons (Fsp3) is 0.455. The van der Waals surface area contributed by atoms with Crippen LogP contribution in [0.25, 0.3) is 0 Å². The van der Waals surface area contributed by atoms with E-state index in [2.05, 4.69) is 47.2 Å². The van der Waals surface area contributed by atoms with Gasteiger partial charge in [0.2, 0.25) is 0 Å². The zero-order chi connectivity index (χ0) is 18.3. The van der Waals surface area contributed by atoms with Gasteiger partial charge in [0, 0.05) is 36.6 Å². The van der Waals surface area contributed by atoms with Gasteiger partial charge in [0.05, 0.1) is 5.56 Å². The molecule has 2 aliphatic rings. The number of fused-ring (bicyclic) bond motifs is 2. The van der Waals surface area contributed by atoms with Gasteiger partial charge in [-0.1, -0.05) is 18.2 Å². The molecule has 2 aliphatic heterocycles. The molecule has 0 aliphatic carbocycles. The summed E-state index contributed by atoms with van der Waals surface area (Å²) in [4.78, 5) is 19.5. The fourth-order valence-corrected chi connectivity index (χ4v) is 4.64. The zero-order valence-electron chi connectivity index (χ0n) is 15.8. The van der Waals surface area contributed by atoms with E-state index in [4.69, 9.17) is 0 Å². The second-order valence-electron chi connectivity index (χ2n) is 7.85. The van der Waals surface area contributed by atoms with Crippen molar-refractivity contribution >= 4 is 5.91 Å². The first-order chi connectivity index (χ1) is 12.5. The summed E-state index contributed by atoms with van der Waals surface area (Å²) < 4.78 is 0. The van der Waals surface area contributed by atoms with Crippen molar-refractivity contribution in [1.82, 2.24) is 15.2 Å². The first-order valence-electron chi connectivity index (χ1n) is 9.57. The predicted molar refractivity (Wildman–Crippen MR) is 103 cm³/mol. The van der Waals surface area contributed by atoms with Gasteiger partial charge in [-0.2, -0.15) is 0 Å². The number of carbonyl (C=O) groups is 1. The average molecular weight is 349 g/mol. The Kier molecular flexibility index (Phi) is 4.53. The molecule has 4 heteroatoms. The Morgan fingerprint density at radius 1 is 1.15 bits per heavy atom. The van der Waals surface area contributed by atoms with Crippen molar-refractivity contribution < 1.29 is 4.79 Å². The van der Waals surface area contributed by atoms with E-state index in [9.17, 15) is 4.79 Å². The second kappa shape index (κ2) is 6.84. The van der Waals surface area contributed by atoms with E-state index in [1.54, 1.807) is 6.20 Å². The van der Waals surface area contributed by atoms with Crippen LogP contribution in [-0.4, -0.2) is 33.9 Å². The van der Waals surface area contributed by atoms with Crippen molar-refractivity contribution in [2.75, 3.05) is 0 Å². The average Bonchev–Trinajstić information content (AvgIpc) is 3.15. The molecule has 3 atom stereocenters. The van der Waals surface area contributed by atoms with Gasteiger partial charge in [0.1, 0.15) is 0 Å². The Labute approximate surface area is 155 Å². The number of hydrogen-bond donors (Lipinski definition) is 1. The molecule has 1 aromatic heterocycles. The molecule has 136 valence electrons. The molecule has 0 spiro atoms. The summed E-state index contributed by atoms with van der Waals surface area (Å²) in [6.07, 6.45) is 5.15. The summed E-state index contributed by atoms with van der Waals surface area (Å²) in [7, 11) is 0. The SMILES string of the molecule is Cc1ccc(C(=O)N[C@@H]2C[C@@H]3CC[C@H]2N3Cc2c(C)cccc2C)cn1. The smallest absolute Gasteiger partial charge is 0.253 e. The van der Waals surface area contributed by atoms with Crippen LogP contribution in [0.15, 0.2) is 36.5 Å². The number of nitrogens with zero attached hydrogens (tertiary/aromatic N) is 2. The molecule has 2 bridgehead atoms. The maximum absolute atomic E-state index is 12.6. The van der Waals surface area contributed by atoms with Gasteiger partial charge in [-0.05, 0) is 68.9 Å². The van der Waals surface area contributed by atoms with Gasteiger partial charge < -0.3 is 5.32 Å². The van der Waals surface area contributed by atoms with Gasteiger partial charge in [-0.25, -0.2) is 0 Å². The van der Waals surface area contributed by atoms with E-state index in [0.29, 0.717) is 17.6 Å². The highest BCUT2D eigenvalue weighted by Gasteiger charge is 2.46. The van der Waals surface area contributed by atoms with Crippen molar-refractivity contribution in [2.45, 2.75) is 64.7 Å². The lowest BCUT2D eigenvalue weighted by molar-refractivity contribution is 0.0924. The molecule has 0 unspecified atom stereocenters. The third kappa shape index (κ3) is 3.14. The quantitative estimate of drug-likeness (QED) is 0.918. The molecular formula is C22H27N3O. The van der Waals surface area contributed by atoms with Gasteiger partial charge in [0.25, 0.3) is 5.91 Å². The van der Waals surface area contributed by atoms with Crippen LogP contribution < -0.4 is 5.32 Å². The van der Waals surface area contributed by atoms with Gasteiger partial charge in [-0.15, -0.1) is 0 Å². The van der Waals surface area contributed by atoms with E-state index < -0.39 is 0 Å². The first kappa shape index (κ1) is 17.2. The topological polar surface area (TPSA) is 45.2 Å². The summed E-state index contributed by atoms with van der Waals surface area (Å²) in [6.45, 7) is 7.32. The molecule has 4 rings (SSSR count). The van der Waals surface area contributed by atoms with Crippen molar-refractivity contribution in [3.05, 3.63) is 64.5 Å². The third-order valence-corrected chi connectivity index (χ3v) is 6.16. The molecular weight excluding hydrogens is 322 g/mol. The normalized spacial score (nSPS) is 24.8. The van der Waals surface area contributed by atoms with Crippen LogP contribution in [0.1, 0.15) is 52.0 Å². The summed E-state index contributed by atoms with van der Waals surface area (Å²) in [5, 5.41) is 3.27. The lowest BCUT2D eigenvalue weighted by Crippen LogP contribution is -2.43. The molecule has 1 amide bonds. The van der Waals surface area contributed by atoms with Gasteiger partial charge >= 0.3 is 0 Å². The lowest BCUT2D eigenvalue weighted by Gasteiger charge is -2.26. The number of pyridine rings is 1. The zero-order valence-corrected chi connectivity index (χ0v) is 15.8. The molecule has 3 heterocycles. The second-order valence-corrected chi connectivity index (χ2v) is 7.85. The molecule has 1 aromatic carbocycles. The number of hydrogen-bond acceptors (Lipinski definition) is 3. The largest absolute Gasteiger partial charge is 0.348 e. The highest BCUT2D eigenvalue weighted by molar-refractivity contribution is 5.94. The Morgan fingerprint density at radius 2 is 1.92 bits per heavy atom. The Bertz CT molecular complexity index is 794. The maximum Gasteiger partial charge on any atom is 0.253 e. The van der Waals surface area contributed by atoms with Crippen LogP contribution in [0.4, 0.5) is 0 Å². The Balaban J connectivity index is 1.46. The monoisotopic (exact) mass is 349 g/mol. The molecule has 26 heavy (non-hydrogen) atoms. The lowest BCUT2D eigenvalue weighted by atomic mass is 9.95. The number of carbonyl (C=O) groups excluding carboxylic acids is 1. The molecule has 1 N–H and O–H groups in total. The van der Waals surface area contributed by atoms with Crippen LogP contribution in [0, 0.1) is 20.8 Å². The minimum Gasteiger partial charge on any atom is -0.348 e. The summed E-state index contributed by atoms with van der Waals surface area (Å²) >= 11 is 0. The van der Waals surface area contributed by atoms with Crippen LogP contribution in [0.5, 0.6) is 0 Å². The highest BCUT2D eigenvalue weighted by Crippen LogP contribution is 2.39. The molecule has 2 saturated heterocycles. The molecule has 2 fully saturated rings. The number of aryl methyl sites for hydroxylation is 3. The maximum atomic E-state index is 12.6. The van der Waals surface area contributed by atoms with E-state index in [1.807, 2.05) is 19.1 Å². The highest BCUT2D eigenvalue weighted by atomic mass is 16.1. The standard InChI is InChI=1S/C22H27N3O/c1-14-5-4-6-15(2)19(14)13-25-18-9-10-21(25)20(11-18)24-22(26)17-8-7-16(3)23-12-17/h4-8,12,18,20-21H,9-11,13H2,1-3H3,(H,24,26)/t18-,20+,21+/m0/s1. The summed E-state index contributed by atoms with van der Waals surface area (Å²) in [5.74, 6) is 0.00192. The summed E-state index contributed by atoms with van der Waals surface area (Å²) in [5.41, 5.74) is 5.75. The minimum absolute atomic E-state index is 0.00192. The minimum atomic E-state index is 0.00192. The van der Waals surface area contributed by atoms with E-state index >= 15 is 0 Å². The number of aromatic nitrogens is 1. The van der Waals surface area contributed by atoms with E-state index in [0.717, 1.165) is 18.7 Å². The number of nitrogens with one attached hydrogen (secondary N) is 1. The van der Waals surface area contributed by atoms with Crippen LogP contribution >= 0.6 is 0 Å². The van der Waals surface area contributed by atoms with Crippen LogP contribution in [-0.2, 0) is 6.54 Å². The fourth-order valence-electron chi connectivity index (χ4n) is 4.64. The van der Waals surface area contributed by atoms with E-state index in [1.165, 1.54) is 29.5 Å².